The van der Waals surface area contributed by atoms with Crippen molar-refractivity contribution in [1.82, 2.24) is 5.48 Å². The van der Waals surface area contributed by atoms with E-state index in [1.165, 1.54) is 0 Å². The number of hydrogen-bond donors (Lipinski definition) is 3. The van der Waals surface area contributed by atoms with E-state index in [0.717, 1.165) is 0 Å². The van der Waals surface area contributed by atoms with Gasteiger partial charge in [-0.2, -0.15) is 0 Å². The summed E-state index contributed by atoms with van der Waals surface area (Å²) in [4.78, 5) is 26.2. The lowest BCUT2D eigenvalue weighted by Gasteiger charge is -2.19. The molecule has 0 radical (unpaired) electrons. The van der Waals surface area contributed by atoms with Gasteiger partial charge in [0.2, 0.25) is 5.91 Å². The minimum Gasteiger partial charge on any atom is -0.379 e. The maximum absolute atomic E-state index is 11.4. The molecule has 1 aliphatic heterocycles. The summed E-state index contributed by atoms with van der Waals surface area (Å²) < 4.78 is 4.98. The highest BCUT2D eigenvalue weighted by molar-refractivity contribution is 5.85. The molecule has 1 saturated heterocycles. The van der Waals surface area contributed by atoms with Crippen LogP contribution in [-0.2, 0) is 19.2 Å². The summed E-state index contributed by atoms with van der Waals surface area (Å²) in [6.07, 6.45) is 0.429. The second-order valence-corrected chi connectivity index (χ2v) is 3.14. The Balaban J connectivity index is 2.30. The maximum Gasteiger partial charge on any atom is 0.266 e. The monoisotopic (exact) mass is 203 g/mol. The highest BCUT2D eigenvalue weighted by Crippen LogP contribution is 2.14. The summed E-state index contributed by atoms with van der Waals surface area (Å²) in [5.41, 5.74) is 11.5. The summed E-state index contributed by atoms with van der Waals surface area (Å²) in [6, 6.07) is 0. The lowest BCUT2D eigenvalue weighted by atomic mass is 10.0. The molecule has 0 saturated carbocycles. The number of ether oxygens (including phenoxy) is 1. The topological polar surface area (TPSA) is 117 Å². The molecule has 80 valence electrons. The van der Waals surface area contributed by atoms with E-state index >= 15 is 0 Å². The van der Waals surface area contributed by atoms with Crippen molar-refractivity contribution in [3.05, 3.63) is 0 Å². The van der Waals surface area contributed by atoms with Gasteiger partial charge in [0, 0.05) is 13.0 Å². The molecule has 1 unspecified atom stereocenters. The molecule has 1 aliphatic rings. The molecule has 1 atom stereocenters. The standard InChI is InChI=1S/C7H13N3O4/c8-5(11)3-14-10-6(12)7(9)1-2-13-4-7/h1-4,9H2,(H2,8,11)(H,10,12). The number of primary amides is 1. The van der Waals surface area contributed by atoms with Crippen LogP contribution in [0.2, 0.25) is 0 Å². The predicted molar refractivity (Wildman–Crippen MR) is 45.6 cm³/mol. The van der Waals surface area contributed by atoms with Gasteiger partial charge in [-0.05, 0) is 0 Å². The Morgan fingerprint density at radius 2 is 2.29 bits per heavy atom. The first-order valence-corrected chi connectivity index (χ1v) is 4.12. The molecule has 1 heterocycles. The zero-order valence-electron chi connectivity index (χ0n) is 7.62. The van der Waals surface area contributed by atoms with Crippen molar-refractivity contribution in [3.8, 4) is 0 Å². The summed E-state index contributed by atoms with van der Waals surface area (Å²) in [5.74, 6) is -1.17. The number of rotatable bonds is 4. The smallest absolute Gasteiger partial charge is 0.266 e. The zero-order valence-corrected chi connectivity index (χ0v) is 7.62. The van der Waals surface area contributed by atoms with Crippen LogP contribution in [0.4, 0.5) is 0 Å². The molecule has 0 bridgehead atoms. The predicted octanol–water partition coefficient (Wildman–Crippen LogP) is -2.36. The molecule has 0 spiro atoms. The highest BCUT2D eigenvalue weighted by Gasteiger charge is 2.38. The van der Waals surface area contributed by atoms with Gasteiger partial charge in [-0.15, -0.1) is 0 Å². The van der Waals surface area contributed by atoms with E-state index in [4.69, 9.17) is 16.2 Å². The molecule has 0 aromatic heterocycles. The Hall–Kier alpha value is -1.18. The van der Waals surface area contributed by atoms with Gasteiger partial charge in [0.05, 0.1) is 6.61 Å². The minimum absolute atomic E-state index is 0.152. The van der Waals surface area contributed by atoms with Gasteiger partial charge in [-0.3, -0.25) is 14.4 Å². The molecule has 0 aliphatic carbocycles. The van der Waals surface area contributed by atoms with E-state index in [-0.39, 0.29) is 13.2 Å². The van der Waals surface area contributed by atoms with E-state index in [1.54, 1.807) is 0 Å². The van der Waals surface area contributed by atoms with Crippen LogP contribution in [0.1, 0.15) is 6.42 Å². The van der Waals surface area contributed by atoms with E-state index in [0.29, 0.717) is 13.0 Å². The van der Waals surface area contributed by atoms with Crippen LogP contribution < -0.4 is 16.9 Å². The molecular formula is C7H13N3O4. The quantitative estimate of drug-likeness (QED) is 0.442. The molecule has 7 heteroatoms. The average molecular weight is 203 g/mol. The first-order valence-electron chi connectivity index (χ1n) is 4.12. The van der Waals surface area contributed by atoms with E-state index in [1.807, 2.05) is 0 Å². The van der Waals surface area contributed by atoms with Crippen LogP contribution in [0, 0.1) is 0 Å². The van der Waals surface area contributed by atoms with Crippen molar-refractivity contribution < 1.29 is 19.2 Å². The summed E-state index contributed by atoms with van der Waals surface area (Å²) in [5, 5.41) is 0. The van der Waals surface area contributed by atoms with E-state index < -0.39 is 17.4 Å². The number of hydrogen-bond acceptors (Lipinski definition) is 5. The van der Waals surface area contributed by atoms with Crippen molar-refractivity contribution in [1.29, 1.82) is 0 Å². The molecule has 0 aromatic carbocycles. The first-order chi connectivity index (χ1) is 6.54. The second-order valence-electron chi connectivity index (χ2n) is 3.14. The Morgan fingerprint density at radius 3 is 2.79 bits per heavy atom. The van der Waals surface area contributed by atoms with Crippen molar-refractivity contribution in [2.75, 3.05) is 19.8 Å². The van der Waals surface area contributed by atoms with E-state index in [9.17, 15) is 9.59 Å². The molecule has 7 nitrogen and oxygen atoms in total. The average Bonchev–Trinajstić information content (AvgIpc) is 2.52. The van der Waals surface area contributed by atoms with Crippen LogP contribution >= 0.6 is 0 Å². The first kappa shape index (κ1) is 10.9. The van der Waals surface area contributed by atoms with Gasteiger partial charge in [-0.1, -0.05) is 0 Å². The third kappa shape index (κ3) is 2.66. The number of carbonyl (C=O) groups excluding carboxylic acids is 2. The molecular weight excluding hydrogens is 190 g/mol. The third-order valence-electron chi connectivity index (χ3n) is 1.88. The van der Waals surface area contributed by atoms with Gasteiger partial charge < -0.3 is 16.2 Å². The number of nitrogens with one attached hydrogen (secondary N) is 1. The highest BCUT2D eigenvalue weighted by atomic mass is 16.7. The fraction of sp³-hybridized carbons (Fsp3) is 0.714. The molecule has 0 aromatic rings. The lowest BCUT2D eigenvalue weighted by molar-refractivity contribution is -0.142. The third-order valence-corrected chi connectivity index (χ3v) is 1.88. The molecule has 14 heavy (non-hydrogen) atoms. The Labute approximate surface area is 80.7 Å². The van der Waals surface area contributed by atoms with Crippen LogP contribution in [0.5, 0.6) is 0 Å². The SMILES string of the molecule is NC(=O)CONC(=O)C1(N)CCOC1. The fourth-order valence-electron chi connectivity index (χ4n) is 1.03. The Morgan fingerprint density at radius 1 is 1.57 bits per heavy atom. The van der Waals surface area contributed by atoms with Crippen LogP contribution in [0.15, 0.2) is 0 Å². The van der Waals surface area contributed by atoms with Crippen LogP contribution in [0.3, 0.4) is 0 Å². The Kier molecular flexibility index (Phi) is 3.39. The minimum atomic E-state index is -1.06. The summed E-state index contributed by atoms with van der Waals surface area (Å²) in [7, 11) is 0. The largest absolute Gasteiger partial charge is 0.379 e. The van der Waals surface area contributed by atoms with Crippen LogP contribution in [-0.4, -0.2) is 37.2 Å². The molecule has 5 N–H and O–H groups in total. The van der Waals surface area contributed by atoms with Crippen molar-refractivity contribution in [2.24, 2.45) is 11.5 Å². The normalized spacial score (nSPS) is 26.1. The van der Waals surface area contributed by atoms with Crippen molar-refractivity contribution >= 4 is 11.8 Å². The molecule has 2 amide bonds. The number of amides is 2. The van der Waals surface area contributed by atoms with Gasteiger partial charge >= 0.3 is 0 Å². The zero-order chi connectivity index (χ0) is 10.6. The fourth-order valence-corrected chi connectivity index (χ4v) is 1.03. The molecule has 1 rings (SSSR count). The maximum atomic E-state index is 11.4. The van der Waals surface area contributed by atoms with Gasteiger partial charge in [0.25, 0.3) is 5.91 Å². The van der Waals surface area contributed by atoms with Gasteiger partial charge in [0.15, 0.2) is 6.61 Å². The van der Waals surface area contributed by atoms with E-state index in [2.05, 4.69) is 10.3 Å². The second kappa shape index (κ2) is 4.36. The number of nitrogens with two attached hydrogens (primary N) is 2. The Bertz CT molecular complexity index is 237. The molecule has 1 fully saturated rings. The number of hydroxylamine groups is 1. The van der Waals surface area contributed by atoms with Gasteiger partial charge in [-0.25, -0.2) is 5.48 Å². The number of carbonyl (C=O) groups is 2. The van der Waals surface area contributed by atoms with Crippen molar-refractivity contribution in [3.63, 3.8) is 0 Å². The van der Waals surface area contributed by atoms with Gasteiger partial charge in [0.1, 0.15) is 5.54 Å². The van der Waals surface area contributed by atoms with Crippen molar-refractivity contribution in [2.45, 2.75) is 12.0 Å². The lowest BCUT2D eigenvalue weighted by Crippen LogP contribution is -2.54. The summed E-state index contributed by atoms with van der Waals surface area (Å²) >= 11 is 0. The van der Waals surface area contributed by atoms with Crippen LogP contribution in [0.25, 0.3) is 0 Å². The summed E-state index contributed by atoms with van der Waals surface area (Å²) in [6.45, 7) is 0.223.